The first kappa shape index (κ1) is 21.7. The number of nitrogens with zero attached hydrogens (tertiary/aromatic N) is 1. The number of nitrogens with one attached hydrogen (secondary N) is 2. The van der Waals surface area contributed by atoms with Gasteiger partial charge >= 0.3 is 0 Å². The second-order valence-electron chi connectivity index (χ2n) is 8.03. The van der Waals surface area contributed by atoms with E-state index in [0.29, 0.717) is 29.5 Å². The van der Waals surface area contributed by atoms with Crippen LogP contribution in [0.5, 0.6) is 5.75 Å². The van der Waals surface area contributed by atoms with Crippen molar-refractivity contribution in [1.29, 1.82) is 0 Å². The summed E-state index contributed by atoms with van der Waals surface area (Å²) < 4.78 is 5.78. The van der Waals surface area contributed by atoms with Crippen molar-refractivity contribution < 1.29 is 14.3 Å². The average Bonchev–Trinajstić information content (AvgIpc) is 2.77. The third-order valence-corrected chi connectivity index (χ3v) is 4.96. The highest BCUT2D eigenvalue weighted by atomic mass is 16.5. The Labute approximate surface area is 178 Å². The van der Waals surface area contributed by atoms with Crippen LogP contribution in [-0.2, 0) is 4.79 Å². The first-order chi connectivity index (χ1) is 14.5. The molecule has 2 aromatic carbocycles. The molecule has 1 aliphatic heterocycles. The van der Waals surface area contributed by atoms with Gasteiger partial charge in [0.1, 0.15) is 5.75 Å². The lowest BCUT2D eigenvalue weighted by atomic mass is 10.1. The summed E-state index contributed by atoms with van der Waals surface area (Å²) in [5.41, 5.74) is 2.14. The average molecular weight is 410 g/mol. The Morgan fingerprint density at radius 1 is 1.00 bits per heavy atom. The molecule has 0 bridgehead atoms. The number of amides is 2. The van der Waals surface area contributed by atoms with Gasteiger partial charge in [0.15, 0.2) is 0 Å². The maximum atomic E-state index is 12.5. The Hall–Kier alpha value is -3.02. The lowest BCUT2D eigenvalue weighted by Crippen LogP contribution is -2.35. The summed E-state index contributed by atoms with van der Waals surface area (Å²) in [7, 11) is 0. The lowest BCUT2D eigenvalue weighted by Gasteiger charge is -2.26. The van der Waals surface area contributed by atoms with E-state index >= 15 is 0 Å². The molecule has 0 aromatic heterocycles. The van der Waals surface area contributed by atoms with Gasteiger partial charge in [-0.2, -0.15) is 0 Å². The normalized spacial score (nSPS) is 13.8. The van der Waals surface area contributed by atoms with Crippen LogP contribution in [0.2, 0.25) is 0 Å². The fourth-order valence-electron chi connectivity index (χ4n) is 3.34. The van der Waals surface area contributed by atoms with E-state index in [9.17, 15) is 9.59 Å². The van der Waals surface area contributed by atoms with E-state index in [0.717, 1.165) is 31.6 Å². The Kier molecular flexibility index (Phi) is 7.71. The highest BCUT2D eigenvalue weighted by Crippen LogP contribution is 2.24. The van der Waals surface area contributed by atoms with Crippen LogP contribution in [0.3, 0.4) is 0 Å². The molecule has 0 aliphatic carbocycles. The molecule has 0 saturated carbocycles. The van der Waals surface area contributed by atoms with Crippen LogP contribution in [-0.4, -0.2) is 43.0 Å². The molecule has 1 aliphatic rings. The standard InChI is InChI=1S/C24H31N3O3/c1-18(2)17-30-22-9-5-4-8-21(22)26-23(28)16-25-20-12-10-19(11-13-20)24(29)27-14-6-3-7-15-27/h4-5,8-13,18,25H,3,6-7,14-17H2,1-2H3,(H,26,28). The molecule has 0 spiro atoms. The van der Waals surface area contributed by atoms with Crippen LogP contribution in [0.1, 0.15) is 43.5 Å². The van der Waals surface area contributed by atoms with Crippen molar-refractivity contribution in [2.75, 3.05) is 36.9 Å². The van der Waals surface area contributed by atoms with Crippen LogP contribution in [0.15, 0.2) is 48.5 Å². The molecule has 6 heteroatoms. The summed E-state index contributed by atoms with van der Waals surface area (Å²) in [4.78, 5) is 26.8. The maximum Gasteiger partial charge on any atom is 0.253 e. The van der Waals surface area contributed by atoms with Gasteiger partial charge < -0.3 is 20.3 Å². The Morgan fingerprint density at radius 3 is 2.40 bits per heavy atom. The van der Waals surface area contributed by atoms with Gasteiger partial charge in [-0.25, -0.2) is 0 Å². The minimum Gasteiger partial charge on any atom is -0.491 e. The first-order valence-corrected chi connectivity index (χ1v) is 10.7. The molecule has 30 heavy (non-hydrogen) atoms. The van der Waals surface area contributed by atoms with Gasteiger partial charge in [0.05, 0.1) is 18.8 Å². The number of hydrogen-bond acceptors (Lipinski definition) is 4. The predicted molar refractivity (Wildman–Crippen MR) is 120 cm³/mol. The highest BCUT2D eigenvalue weighted by Gasteiger charge is 2.18. The van der Waals surface area contributed by atoms with E-state index in [1.807, 2.05) is 53.4 Å². The van der Waals surface area contributed by atoms with E-state index in [4.69, 9.17) is 4.74 Å². The van der Waals surface area contributed by atoms with Crippen LogP contribution >= 0.6 is 0 Å². The molecule has 6 nitrogen and oxygen atoms in total. The van der Waals surface area contributed by atoms with Crippen molar-refractivity contribution in [3.8, 4) is 5.75 Å². The number of piperidine rings is 1. The molecule has 2 amide bonds. The summed E-state index contributed by atoms with van der Waals surface area (Å²) >= 11 is 0. The lowest BCUT2D eigenvalue weighted by molar-refractivity contribution is -0.114. The van der Waals surface area contributed by atoms with Crippen molar-refractivity contribution in [2.45, 2.75) is 33.1 Å². The third kappa shape index (κ3) is 6.24. The zero-order valence-electron chi connectivity index (χ0n) is 17.8. The van der Waals surface area contributed by atoms with E-state index in [1.165, 1.54) is 6.42 Å². The summed E-state index contributed by atoms with van der Waals surface area (Å²) in [6.07, 6.45) is 3.35. The molecule has 0 radical (unpaired) electrons. The Bertz CT molecular complexity index is 843. The maximum absolute atomic E-state index is 12.5. The minimum atomic E-state index is -0.163. The number of anilines is 2. The summed E-state index contributed by atoms with van der Waals surface area (Å²) in [6.45, 7) is 6.54. The number of likely N-dealkylation sites (tertiary alicyclic amines) is 1. The number of benzene rings is 2. The molecular weight excluding hydrogens is 378 g/mol. The Balaban J connectivity index is 1.51. The first-order valence-electron chi connectivity index (χ1n) is 10.7. The molecule has 3 rings (SSSR count). The zero-order valence-corrected chi connectivity index (χ0v) is 17.8. The highest BCUT2D eigenvalue weighted by molar-refractivity contribution is 5.96. The van der Waals surface area contributed by atoms with E-state index in [1.54, 1.807) is 0 Å². The summed E-state index contributed by atoms with van der Waals surface area (Å²) in [6, 6.07) is 14.7. The van der Waals surface area contributed by atoms with Crippen LogP contribution < -0.4 is 15.4 Å². The van der Waals surface area contributed by atoms with Crippen molar-refractivity contribution in [2.24, 2.45) is 5.92 Å². The fraction of sp³-hybridized carbons (Fsp3) is 0.417. The molecule has 1 heterocycles. The molecule has 2 aromatic rings. The van der Waals surface area contributed by atoms with Crippen LogP contribution in [0, 0.1) is 5.92 Å². The van der Waals surface area contributed by atoms with E-state index in [-0.39, 0.29) is 18.4 Å². The number of carbonyl (C=O) groups is 2. The number of para-hydroxylation sites is 2. The third-order valence-electron chi connectivity index (χ3n) is 4.96. The van der Waals surface area contributed by atoms with Gasteiger partial charge in [-0.15, -0.1) is 0 Å². The van der Waals surface area contributed by atoms with Gasteiger partial charge in [0, 0.05) is 24.3 Å². The topological polar surface area (TPSA) is 70.7 Å². The van der Waals surface area contributed by atoms with E-state index < -0.39 is 0 Å². The second kappa shape index (κ2) is 10.7. The largest absolute Gasteiger partial charge is 0.491 e. The molecule has 1 fully saturated rings. The number of ether oxygens (including phenoxy) is 1. The Morgan fingerprint density at radius 2 is 1.70 bits per heavy atom. The van der Waals surface area contributed by atoms with Crippen molar-refractivity contribution >= 4 is 23.2 Å². The predicted octanol–water partition coefficient (Wildman–Crippen LogP) is 4.40. The summed E-state index contributed by atoms with van der Waals surface area (Å²) in [5, 5.41) is 5.99. The smallest absolute Gasteiger partial charge is 0.253 e. The monoisotopic (exact) mass is 409 g/mol. The van der Waals surface area contributed by atoms with Crippen LogP contribution in [0.4, 0.5) is 11.4 Å². The number of rotatable bonds is 8. The van der Waals surface area contributed by atoms with Gasteiger partial charge in [0.2, 0.25) is 5.91 Å². The second-order valence-corrected chi connectivity index (χ2v) is 8.03. The molecule has 0 unspecified atom stereocenters. The number of hydrogen-bond donors (Lipinski definition) is 2. The van der Waals surface area contributed by atoms with Crippen molar-refractivity contribution in [1.82, 2.24) is 4.90 Å². The minimum absolute atomic E-state index is 0.0806. The molecule has 1 saturated heterocycles. The van der Waals surface area contributed by atoms with Crippen molar-refractivity contribution in [3.63, 3.8) is 0 Å². The molecular formula is C24H31N3O3. The van der Waals surface area contributed by atoms with Crippen LogP contribution in [0.25, 0.3) is 0 Å². The van der Waals surface area contributed by atoms with Crippen molar-refractivity contribution in [3.05, 3.63) is 54.1 Å². The van der Waals surface area contributed by atoms with Gasteiger partial charge in [-0.05, 0) is 61.6 Å². The van der Waals surface area contributed by atoms with Gasteiger partial charge in [-0.3, -0.25) is 9.59 Å². The molecule has 0 atom stereocenters. The SMILES string of the molecule is CC(C)COc1ccccc1NC(=O)CNc1ccc(C(=O)N2CCCCC2)cc1. The molecule has 2 N–H and O–H groups in total. The van der Waals surface area contributed by atoms with Gasteiger partial charge in [-0.1, -0.05) is 26.0 Å². The van der Waals surface area contributed by atoms with Gasteiger partial charge in [0.25, 0.3) is 5.91 Å². The zero-order chi connectivity index (χ0) is 21.3. The fourth-order valence-corrected chi connectivity index (χ4v) is 3.34. The number of carbonyl (C=O) groups excluding carboxylic acids is 2. The molecule has 160 valence electrons. The summed E-state index contributed by atoms with van der Waals surface area (Å²) in [5.74, 6) is 0.987. The quantitative estimate of drug-likeness (QED) is 0.678. The van der Waals surface area contributed by atoms with E-state index in [2.05, 4.69) is 24.5 Å².